The summed E-state index contributed by atoms with van der Waals surface area (Å²) in [6.45, 7) is 1.60. The van der Waals surface area contributed by atoms with Crippen molar-refractivity contribution in [2.45, 2.75) is 18.3 Å². The molecule has 30 heavy (non-hydrogen) atoms. The SMILES string of the molecule is CC(c1ccc(C(F)(F)F)nc1)S(C)(=O)=Nc1nc(-c2ccc([N+](=O)[O-])cc2)cs1. The minimum absolute atomic E-state index is 0.0468. The van der Waals surface area contributed by atoms with Crippen LogP contribution in [0.4, 0.5) is 24.0 Å². The van der Waals surface area contributed by atoms with Crippen molar-refractivity contribution < 1.29 is 22.3 Å². The second kappa shape index (κ2) is 8.11. The Morgan fingerprint density at radius 3 is 2.40 bits per heavy atom. The summed E-state index contributed by atoms with van der Waals surface area (Å²) >= 11 is 1.14. The third-order valence-corrected chi connectivity index (χ3v) is 7.30. The molecule has 1 aromatic carbocycles. The van der Waals surface area contributed by atoms with Gasteiger partial charge in [-0.2, -0.15) is 17.5 Å². The number of alkyl halides is 3. The molecular formula is C18H15F3N4O3S2. The minimum Gasteiger partial charge on any atom is -0.258 e. The molecule has 3 aromatic rings. The molecule has 0 saturated heterocycles. The second-order valence-electron chi connectivity index (χ2n) is 6.39. The van der Waals surface area contributed by atoms with Crippen LogP contribution in [-0.4, -0.2) is 25.4 Å². The van der Waals surface area contributed by atoms with Gasteiger partial charge in [0.25, 0.3) is 5.69 Å². The first kappa shape index (κ1) is 21.8. The smallest absolute Gasteiger partial charge is 0.258 e. The Morgan fingerprint density at radius 1 is 1.20 bits per heavy atom. The summed E-state index contributed by atoms with van der Waals surface area (Å²) in [7, 11) is -2.89. The van der Waals surface area contributed by atoms with Gasteiger partial charge in [0.2, 0.25) is 5.13 Å². The summed E-state index contributed by atoms with van der Waals surface area (Å²) in [6.07, 6.45) is -2.09. The van der Waals surface area contributed by atoms with Gasteiger partial charge >= 0.3 is 6.18 Å². The lowest BCUT2D eigenvalue weighted by Crippen LogP contribution is -2.11. The van der Waals surface area contributed by atoms with E-state index < -0.39 is 31.8 Å². The molecule has 0 amide bonds. The summed E-state index contributed by atoms with van der Waals surface area (Å²) in [6, 6.07) is 7.90. The van der Waals surface area contributed by atoms with Crippen molar-refractivity contribution in [3.8, 4) is 11.3 Å². The molecule has 2 heterocycles. The number of thiazole rings is 1. The lowest BCUT2D eigenvalue weighted by Gasteiger charge is -2.14. The molecule has 2 atom stereocenters. The van der Waals surface area contributed by atoms with E-state index in [1.165, 1.54) is 24.5 Å². The maximum atomic E-state index is 13.1. The zero-order valence-electron chi connectivity index (χ0n) is 15.7. The van der Waals surface area contributed by atoms with Crippen LogP contribution >= 0.6 is 11.3 Å². The van der Waals surface area contributed by atoms with Crippen LogP contribution in [0.3, 0.4) is 0 Å². The van der Waals surface area contributed by atoms with Crippen molar-refractivity contribution in [3.05, 3.63) is 69.3 Å². The Morgan fingerprint density at radius 2 is 1.87 bits per heavy atom. The second-order valence-corrected chi connectivity index (χ2v) is 9.84. The topological polar surface area (TPSA) is 98.3 Å². The Balaban J connectivity index is 1.85. The summed E-state index contributed by atoms with van der Waals surface area (Å²) < 4.78 is 55.3. The highest BCUT2D eigenvalue weighted by Crippen LogP contribution is 2.33. The molecule has 0 N–H and O–H groups in total. The first-order chi connectivity index (χ1) is 14.0. The minimum atomic E-state index is -4.55. The number of nitrogens with zero attached hydrogens (tertiary/aromatic N) is 4. The van der Waals surface area contributed by atoms with Crippen LogP contribution in [0.5, 0.6) is 0 Å². The fourth-order valence-electron chi connectivity index (χ4n) is 2.49. The number of hydrogen-bond donors (Lipinski definition) is 0. The molecule has 12 heteroatoms. The maximum absolute atomic E-state index is 13.1. The zero-order valence-corrected chi connectivity index (χ0v) is 17.3. The van der Waals surface area contributed by atoms with Crippen molar-refractivity contribution in [1.82, 2.24) is 9.97 Å². The quantitative estimate of drug-likeness (QED) is 0.366. The molecule has 0 aliphatic carbocycles. The fourth-order valence-corrected chi connectivity index (χ4v) is 4.82. The molecule has 0 spiro atoms. The van der Waals surface area contributed by atoms with Gasteiger partial charge in [-0.15, -0.1) is 11.3 Å². The maximum Gasteiger partial charge on any atom is 0.433 e. The van der Waals surface area contributed by atoms with E-state index in [-0.39, 0.29) is 10.8 Å². The third-order valence-electron chi connectivity index (χ3n) is 4.33. The fraction of sp³-hybridized carbons (Fsp3) is 0.222. The zero-order chi connectivity index (χ0) is 22.1. The number of aromatic nitrogens is 2. The first-order valence-electron chi connectivity index (χ1n) is 8.42. The number of benzene rings is 1. The summed E-state index contributed by atoms with van der Waals surface area (Å²) in [5.41, 5.74) is 0.458. The van der Waals surface area contributed by atoms with E-state index in [4.69, 9.17) is 0 Å². The van der Waals surface area contributed by atoms with Gasteiger partial charge in [0.1, 0.15) is 5.69 Å². The van der Waals surface area contributed by atoms with Gasteiger partial charge in [-0.25, -0.2) is 9.19 Å². The van der Waals surface area contributed by atoms with Crippen molar-refractivity contribution in [1.29, 1.82) is 0 Å². The van der Waals surface area contributed by atoms with Crippen molar-refractivity contribution >= 4 is 31.9 Å². The van der Waals surface area contributed by atoms with Gasteiger partial charge in [-0.1, -0.05) is 6.07 Å². The van der Waals surface area contributed by atoms with Crippen LogP contribution in [0.1, 0.15) is 23.4 Å². The average molecular weight is 456 g/mol. The number of nitro groups is 1. The normalized spacial score (nSPS) is 14.7. The monoisotopic (exact) mass is 456 g/mol. The number of hydrogen-bond acceptors (Lipinski definition) is 7. The van der Waals surface area contributed by atoms with Gasteiger partial charge in [-0.3, -0.25) is 15.1 Å². The van der Waals surface area contributed by atoms with E-state index in [0.717, 1.165) is 23.6 Å². The molecule has 3 rings (SSSR count). The van der Waals surface area contributed by atoms with Crippen molar-refractivity contribution in [2.24, 2.45) is 4.36 Å². The van der Waals surface area contributed by atoms with E-state index in [0.29, 0.717) is 16.8 Å². The number of rotatable bonds is 5. The molecule has 0 aliphatic heterocycles. The largest absolute Gasteiger partial charge is 0.433 e. The van der Waals surface area contributed by atoms with E-state index in [1.807, 2.05) is 0 Å². The van der Waals surface area contributed by atoms with Gasteiger partial charge in [0.05, 0.1) is 25.6 Å². The molecule has 7 nitrogen and oxygen atoms in total. The third kappa shape index (κ3) is 4.82. The van der Waals surface area contributed by atoms with Gasteiger partial charge < -0.3 is 0 Å². The Bertz CT molecular complexity index is 1180. The number of halogens is 3. The van der Waals surface area contributed by atoms with Crippen LogP contribution in [0.2, 0.25) is 0 Å². The van der Waals surface area contributed by atoms with E-state index in [1.54, 1.807) is 24.4 Å². The van der Waals surface area contributed by atoms with Crippen LogP contribution in [0.25, 0.3) is 11.3 Å². The Hall–Kier alpha value is -2.86. The summed E-state index contributed by atoms with van der Waals surface area (Å²) in [5.74, 6) is 0. The molecule has 2 unspecified atom stereocenters. The number of nitro benzene ring substituents is 1. The highest BCUT2D eigenvalue weighted by atomic mass is 32.2. The number of non-ortho nitro benzene ring substituents is 1. The Kier molecular flexibility index (Phi) is 5.90. The lowest BCUT2D eigenvalue weighted by atomic mass is 10.1. The number of pyridine rings is 1. The highest BCUT2D eigenvalue weighted by Gasteiger charge is 2.32. The van der Waals surface area contributed by atoms with E-state index in [9.17, 15) is 27.5 Å². The van der Waals surface area contributed by atoms with Gasteiger partial charge in [0.15, 0.2) is 0 Å². The Labute approximate surface area is 174 Å². The summed E-state index contributed by atoms with van der Waals surface area (Å²) in [5, 5.41) is 12.0. The lowest BCUT2D eigenvalue weighted by molar-refractivity contribution is -0.384. The van der Waals surface area contributed by atoms with Gasteiger partial charge in [0, 0.05) is 35.5 Å². The molecule has 0 saturated carbocycles. The molecule has 2 aromatic heterocycles. The molecule has 158 valence electrons. The summed E-state index contributed by atoms with van der Waals surface area (Å²) in [4.78, 5) is 17.9. The molecule has 0 fully saturated rings. The van der Waals surface area contributed by atoms with E-state index in [2.05, 4.69) is 14.3 Å². The van der Waals surface area contributed by atoms with Crippen LogP contribution < -0.4 is 0 Å². The van der Waals surface area contributed by atoms with Crippen LogP contribution in [0.15, 0.2) is 52.3 Å². The molecular weight excluding hydrogens is 441 g/mol. The van der Waals surface area contributed by atoms with Crippen LogP contribution in [0, 0.1) is 10.1 Å². The standard InChI is InChI=1S/C18H15F3N4O3S2/c1-11(13-5-8-16(22-9-13)18(19,20)21)30(2,28)24-17-23-15(10-29-17)12-3-6-14(7-4-12)25(26)27/h3-11H,1-2H3. The highest BCUT2D eigenvalue weighted by molar-refractivity contribution is 7.93. The van der Waals surface area contributed by atoms with Crippen molar-refractivity contribution in [3.63, 3.8) is 0 Å². The molecule has 0 bridgehead atoms. The predicted molar refractivity (Wildman–Crippen MR) is 108 cm³/mol. The molecule has 0 aliphatic rings. The molecule has 0 radical (unpaired) electrons. The van der Waals surface area contributed by atoms with Crippen LogP contribution in [-0.2, 0) is 15.9 Å². The predicted octanol–water partition coefficient (Wildman–Crippen LogP) is 5.62. The van der Waals surface area contributed by atoms with Gasteiger partial charge in [-0.05, 0) is 30.7 Å². The average Bonchev–Trinajstić information content (AvgIpc) is 3.14. The van der Waals surface area contributed by atoms with Crippen molar-refractivity contribution in [2.75, 3.05) is 6.26 Å². The van der Waals surface area contributed by atoms with E-state index >= 15 is 0 Å². The first-order valence-corrected chi connectivity index (χ1v) is 11.3.